The number of aromatic nitrogens is 1. The van der Waals surface area contributed by atoms with Crippen molar-refractivity contribution in [3.8, 4) is 5.75 Å². The van der Waals surface area contributed by atoms with Gasteiger partial charge in [0, 0.05) is 56.3 Å². The van der Waals surface area contributed by atoms with Crippen molar-refractivity contribution in [2.75, 3.05) is 43.0 Å². The molecule has 1 aromatic carbocycles. The molecule has 0 saturated carbocycles. The zero-order valence-electron chi connectivity index (χ0n) is 16.4. The fourth-order valence-electron chi connectivity index (χ4n) is 3.75. The van der Waals surface area contributed by atoms with Crippen LogP contribution < -0.4 is 15.0 Å². The minimum Gasteiger partial charge on any atom is -0.494 e. The maximum atomic E-state index is 12.6. The van der Waals surface area contributed by atoms with Gasteiger partial charge in [-0.15, -0.1) is 11.3 Å². The van der Waals surface area contributed by atoms with Crippen molar-refractivity contribution in [1.82, 2.24) is 9.88 Å². The molecule has 0 radical (unpaired) electrons. The lowest BCUT2D eigenvalue weighted by Gasteiger charge is -2.22. The Morgan fingerprint density at radius 2 is 2.14 bits per heavy atom. The number of hydrogen-bond donors (Lipinski definition) is 1. The van der Waals surface area contributed by atoms with Crippen LogP contribution in [-0.4, -0.2) is 54.5 Å². The molecule has 2 aromatic rings. The number of nitrogens with one attached hydrogen (secondary N) is 1. The van der Waals surface area contributed by atoms with Crippen molar-refractivity contribution in [3.05, 3.63) is 35.3 Å². The zero-order valence-corrected chi connectivity index (χ0v) is 17.2. The molecule has 4 rings (SSSR count). The highest BCUT2D eigenvalue weighted by atomic mass is 32.1. The Balaban J connectivity index is 1.20. The highest BCUT2D eigenvalue weighted by Crippen LogP contribution is 2.27. The molecule has 8 heteroatoms. The zero-order chi connectivity index (χ0) is 20.1. The van der Waals surface area contributed by atoms with Gasteiger partial charge in [-0.1, -0.05) is 0 Å². The lowest BCUT2D eigenvalue weighted by Crippen LogP contribution is -2.35. The molecular weight excluding hydrogens is 388 g/mol. The second kappa shape index (κ2) is 9.26. The van der Waals surface area contributed by atoms with E-state index in [1.807, 2.05) is 34.7 Å². The maximum absolute atomic E-state index is 12.6. The maximum Gasteiger partial charge on any atom is 0.224 e. The number of amides is 2. The van der Waals surface area contributed by atoms with Crippen molar-refractivity contribution < 1.29 is 14.3 Å². The van der Waals surface area contributed by atoms with Crippen LogP contribution in [0.2, 0.25) is 0 Å². The number of nitrogens with zero attached hydrogens (tertiary/aromatic N) is 3. The van der Waals surface area contributed by atoms with Gasteiger partial charge in [0.25, 0.3) is 0 Å². The first-order valence-corrected chi connectivity index (χ1v) is 11.0. The summed E-state index contributed by atoms with van der Waals surface area (Å²) in [4.78, 5) is 32.6. The van der Waals surface area contributed by atoms with Crippen molar-refractivity contribution in [1.29, 1.82) is 0 Å². The van der Waals surface area contributed by atoms with Crippen molar-refractivity contribution in [3.63, 3.8) is 0 Å². The molecule has 2 aliphatic rings. The molecular formula is C21H26N4O3S. The summed E-state index contributed by atoms with van der Waals surface area (Å²) in [6, 6.07) is 5.74. The first-order valence-electron chi connectivity index (χ1n) is 10.2. The number of ether oxygens (including phenoxy) is 1. The highest BCUT2D eigenvalue weighted by Gasteiger charge is 2.20. The standard InChI is InChI=1S/C21H26N4O3S/c26-19-7-4-16-15-17(5-6-18(16)23-19)28-13-1-3-20(27)24-9-2-10-25(12-11-24)21-22-8-14-29-21/h5-6,8,14-15H,1-4,7,9-13H2,(H,23,26). The summed E-state index contributed by atoms with van der Waals surface area (Å²) in [5.74, 6) is 1.05. The molecule has 7 nitrogen and oxygen atoms in total. The number of anilines is 2. The Labute approximate surface area is 174 Å². The van der Waals surface area contributed by atoms with Gasteiger partial charge in [-0.05, 0) is 43.0 Å². The van der Waals surface area contributed by atoms with E-state index < -0.39 is 0 Å². The number of hydrogen-bond acceptors (Lipinski definition) is 6. The Morgan fingerprint density at radius 3 is 3.00 bits per heavy atom. The Hall–Kier alpha value is -2.61. The van der Waals surface area contributed by atoms with Crippen LogP contribution in [0.5, 0.6) is 5.75 Å². The molecule has 0 aliphatic carbocycles. The third kappa shape index (κ3) is 5.06. The van der Waals surface area contributed by atoms with Gasteiger partial charge in [-0.25, -0.2) is 4.98 Å². The van der Waals surface area contributed by atoms with Crippen LogP contribution in [0, 0.1) is 0 Å². The SMILES string of the molecule is O=C1CCc2cc(OCCCC(=O)N3CCCN(c4nccs4)CC3)ccc2N1. The molecule has 0 spiro atoms. The summed E-state index contributed by atoms with van der Waals surface area (Å²) in [6.07, 6.45) is 5.24. The van der Waals surface area contributed by atoms with Crippen LogP contribution in [0.3, 0.4) is 0 Å². The van der Waals surface area contributed by atoms with Crippen molar-refractivity contribution in [2.45, 2.75) is 32.1 Å². The molecule has 1 fully saturated rings. The predicted molar refractivity (Wildman–Crippen MR) is 114 cm³/mol. The van der Waals surface area contributed by atoms with Gasteiger partial charge in [0.1, 0.15) is 5.75 Å². The summed E-state index contributed by atoms with van der Waals surface area (Å²) in [5.41, 5.74) is 1.98. The summed E-state index contributed by atoms with van der Waals surface area (Å²) < 4.78 is 5.83. The predicted octanol–water partition coefficient (Wildman–Crippen LogP) is 2.93. The van der Waals surface area contributed by atoms with Gasteiger partial charge in [0.15, 0.2) is 5.13 Å². The number of thiazole rings is 1. The first-order chi connectivity index (χ1) is 14.2. The molecule has 0 atom stereocenters. The molecule has 1 aromatic heterocycles. The molecule has 0 bridgehead atoms. The summed E-state index contributed by atoms with van der Waals surface area (Å²) in [5, 5.41) is 5.90. The Kier molecular flexibility index (Phi) is 6.29. The van der Waals surface area contributed by atoms with E-state index >= 15 is 0 Å². The third-order valence-electron chi connectivity index (χ3n) is 5.31. The van der Waals surface area contributed by atoms with Gasteiger partial charge in [-0.3, -0.25) is 9.59 Å². The number of fused-ring (bicyclic) bond motifs is 1. The Bertz CT molecular complexity index is 856. The second-order valence-electron chi connectivity index (χ2n) is 7.36. The second-order valence-corrected chi connectivity index (χ2v) is 8.23. The van der Waals surface area contributed by atoms with Gasteiger partial charge >= 0.3 is 0 Å². The van der Waals surface area contributed by atoms with Crippen molar-refractivity contribution in [2.24, 2.45) is 0 Å². The monoisotopic (exact) mass is 414 g/mol. The van der Waals surface area contributed by atoms with Crippen LogP contribution >= 0.6 is 11.3 Å². The average molecular weight is 415 g/mol. The van der Waals surface area contributed by atoms with Crippen LogP contribution in [0.1, 0.15) is 31.2 Å². The Morgan fingerprint density at radius 1 is 1.21 bits per heavy atom. The summed E-state index contributed by atoms with van der Waals surface area (Å²) in [7, 11) is 0. The molecule has 0 unspecified atom stereocenters. The average Bonchev–Trinajstić information content (AvgIpc) is 3.15. The van der Waals surface area contributed by atoms with E-state index in [0.717, 1.165) is 61.2 Å². The summed E-state index contributed by atoms with van der Waals surface area (Å²) >= 11 is 1.65. The van der Waals surface area contributed by atoms with E-state index in [2.05, 4.69) is 15.2 Å². The van der Waals surface area contributed by atoms with Gasteiger partial charge in [0.2, 0.25) is 11.8 Å². The lowest BCUT2D eigenvalue weighted by molar-refractivity contribution is -0.131. The van der Waals surface area contributed by atoms with Crippen LogP contribution in [0.4, 0.5) is 10.8 Å². The van der Waals surface area contributed by atoms with E-state index in [4.69, 9.17) is 4.74 Å². The fourth-order valence-corrected chi connectivity index (χ4v) is 4.45. The van der Waals surface area contributed by atoms with Crippen molar-refractivity contribution >= 4 is 34.0 Å². The van der Waals surface area contributed by atoms with E-state index in [-0.39, 0.29) is 11.8 Å². The summed E-state index contributed by atoms with van der Waals surface area (Å²) in [6.45, 7) is 3.84. The molecule has 1 N–H and O–H groups in total. The molecule has 154 valence electrons. The number of carbonyl (C=O) groups excluding carboxylic acids is 2. The van der Waals surface area contributed by atoms with E-state index in [0.29, 0.717) is 25.9 Å². The quantitative estimate of drug-likeness (QED) is 0.736. The third-order valence-corrected chi connectivity index (χ3v) is 6.15. The fraction of sp³-hybridized carbons (Fsp3) is 0.476. The first kappa shape index (κ1) is 19.7. The minimum absolute atomic E-state index is 0.0629. The molecule has 29 heavy (non-hydrogen) atoms. The normalized spacial score (nSPS) is 16.8. The smallest absolute Gasteiger partial charge is 0.224 e. The number of rotatable bonds is 6. The van der Waals surface area contributed by atoms with Crippen LogP contribution in [0.25, 0.3) is 0 Å². The van der Waals surface area contributed by atoms with E-state index in [1.54, 1.807) is 11.3 Å². The van der Waals surface area contributed by atoms with Gasteiger partial charge in [0.05, 0.1) is 6.61 Å². The number of benzene rings is 1. The topological polar surface area (TPSA) is 74.8 Å². The molecule has 3 heterocycles. The van der Waals surface area contributed by atoms with Gasteiger partial charge < -0.3 is 19.9 Å². The van der Waals surface area contributed by atoms with Gasteiger partial charge in [-0.2, -0.15) is 0 Å². The minimum atomic E-state index is 0.0629. The van der Waals surface area contributed by atoms with Crippen LogP contribution in [0.15, 0.2) is 29.8 Å². The lowest BCUT2D eigenvalue weighted by atomic mass is 10.0. The largest absolute Gasteiger partial charge is 0.494 e. The highest BCUT2D eigenvalue weighted by molar-refractivity contribution is 7.13. The molecule has 2 amide bonds. The number of carbonyl (C=O) groups is 2. The number of aryl methyl sites for hydroxylation is 1. The van der Waals surface area contributed by atoms with Crippen LogP contribution in [-0.2, 0) is 16.0 Å². The van der Waals surface area contributed by atoms with E-state index in [9.17, 15) is 9.59 Å². The molecule has 2 aliphatic heterocycles. The van der Waals surface area contributed by atoms with E-state index in [1.165, 1.54) is 0 Å². The molecule has 1 saturated heterocycles.